The van der Waals surface area contributed by atoms with Crippen LogP contribution >= 0.6 is 0 Å². The number of carbonyl (C=O) groups is 1. The molecule has 0 heterocycles. The molecule has 2 N–H and O–H groups in total. The van der Waals surface area contributed by atoms with Gasteiger partial charge in [-0.25, -0.2) is 0 Å². The summed E-state index contributed by atoms with van der Waals surface area (Å²) in [6, 6.07) is 5.08. The van der Waals surface area contributed by atoms with Crippen molar-refractivity contribution in [3.05, 3.63) is 18.2 Å². The minimum absolute atomic E-state index is 0.0647. The summed E-state index contributed by atoms with van der Waals surface area (Å²) in [6.45, 7) is -0.176. The van der Waals surface area contributed by atoms with E-state index < -0.39 is 0 Å². The number of hydrogen-bond acceptors (Lipinski definition) is 4. The lowest BCUT2D eigenvalue weighted by Crippen LogP contribution is -2.13. The second-order valence-corrected chi connectivity index (χ2v) is 3.09. The van der Waals surface area contributed by atoms with Gasteiger partial charge in [-0.3, -0.25) is 4.79 Å². The van der Waals surface area contributed by atoms with E-state index in [4.69, 9.17) is 14.6 Å². The minimum Gasteiger partial charge on any atom is -0.497 e. The molecule has 0 aliphatic carbocycles. The van der Waals surface area contributed by atoms with Gasteiger partial charge in [0.1, 0.15) is 11.5 Å². The maximum Gasteiger partial charge on any atom is 0.226 e. The van der Waals surface area contributed by atoms with Crippen molar-refractivity contribution in [3.8, 4) is 11.5 Å². The predicted molar refractivity (Wildman–Crippen MR) is 59.9 cm³/mol. The van der Waals surface area contributed by atoms with E-state index in [1.807, 2.05) is 0 Å². The number of rotatable bonds is 5. The number of benzene rings is 1. The van der Waals surface area contributed by atoms with E-state index in [0.717, 1.165) is 0 Å². The molecule has 0 bridgehead atoms. The van der Waals surface area contributed by atoms with Gasteiger partial charge in [0, 0.05) is 6.07 Å². The van der Waals surface area contributed by atoms with Crippen LogP contribution in [0.3, 0.4) is 0 Å². The van der Waals surface area contributed by atoms with E-state index in [9.17, 15) is 4.79 Å². The van der Waals surface area contributed by atoms with Crippen molar-refractivity contribution >= 4 is 11.6 Å². The molecule has 0 aromatic heterocycles. The van der Waals surface area contributed by atoms with Gasteiger partial charge in [0.05, 0.1) is 32.9 Å². The molecule has 1 aromatic carbocycles. The van der Waals surface area contributed by atoms with Crippen LogP contribution in [0.2, 0.25) is 0 Å². The van der Waals surface area contributed by atoms with E-state index in [0.29, 0.717) is 17.2 Å². The molecule has 0 aliphatic rings. The van der Waals surface area contributed by atoms with Gasteiger partial charge in [-0.05, 0) is 12.1 Å². The number of carbonyl (C=O) groups excluding carboxylic acids is 1. The van der Waals surface area contributed by atoms with E-state index in [2.05, 4.69) is 5.32 Å². The van der Waals surface area contributed by atoms with Crippen LogP contribution in [0.4, 0.5) is 5.69 Å². The van der Waals surface area contributed by atoms with Crippen molar-refractivity contribution in [2.75, 3.05) is 26.1 Å². The Hall–Kier alpha value is -1.75. The van der Waals surface area contributed by atoms with Crippen LogP contribution in [0.5, 0.6) is 11.5 Å². The first-order valence-electron chi connectivity index (χ1n) is 4.84. The largest absolute Gasteiger partial charge is 0.497 e. The van der Waals surface area contributed by atoms with Crippen LogP contribution < -0.4 is 14.8 Å². The van der Waals surface area contributed by atoms with Crippen molar-refractivity contribution < 1.29 is 19.4 Å². The summed E-state index contributed by atoms with van der Waals surface area (Å²) in [7, 11) is 3.06. The smallest absolute Gasteiger partial charge is 0.226 e. The molecule has 0 saturated carbocycles. The molecule has 1 aromatic rings. The highest BCUT2D eigenvalue weighted by Gasteiger charge is 2.08. The Bertz CT molecular complexity index is 365. The second-order valence-electron chi connectivity index (χ2n) is 3.09. The summed E-state index contributed by atoms with van der Waals surface area (Å²) in [5, 5.41) is 11.2. The van der Waals surface area contributed by atoms with Gasteiger partial charge >= 0.3 is 0 Å². The molecule has 1 rings (SSSR count). The Morgan fingerprint density at radius 2 is 2.12 bits per heavy atom. The Labute approximate surface area is 94.0 Å². The quantitative estimate of drug-likeness (QED) is 0.785. The van der Waals surface area contributed by atoms with E-state index >= 15 is 0 Å². The Morgan fingerprint density at radius 1 is 1.38 bits per heavy atom. The molecule has 5 nitrogen and oxygen atoms in total. The number of nitrogens with one attached hydrogen (secondary N) is 1. The fourth-order valence-corrected chi connectivity index (χ4v) is 1.22. The third-order valence-corrected chi connectivity index (χ3v) is 2.02. The summed E-state index contributed by atoms with van der Waals surface area (Å²) in [4.78, 5) is 11.3. The number of ether oxygens (including phenoxy) is 2. The lowest BCUT2D eigenvalue weighted by Gasteiger charge is -2.11. The van der Waals surface area contributed by atoms with Crippen LogP contribution in [0.25, 0.3) is 0 Å². The van der Waals surface area contributed by atoms with Crippen LogP contribution in [-0.4, -0.2) is 31.8 Å². The topological polar surface area (TPSA) is 67.8 Å². The van der Waals surface area contributed by atoms with Gasteiger partial charge in [-0.1, -0.05) is 0 Å². The minimum atomic E-state index is -0.258. The average Bonchev–Trinajstić information content (AvgIpc) is 2.30. The highest BCUT2D eigenvalue weighted by molar-refractivity contribution is 5.92. The summed E-state index contributed by atoms with van der Waals surface area (Å²) in [5.74, 6) is 0.911. The maximum absolute atomic E-state index is 11.3. The molecule has 16 heavy (non-hydrogen) atoms. The number of hydrogen-bond donors (Lipinski definition) is 2. The second kappa shape index (κ2) is 5.97. The van der Waals surface area contributed by atoms with Crippen LogP contribution in [0.15, 0.2) is 18.2 Å². The van der Waals surface area contributed by atoms with Crippen molar-refractivity contribution in [1.29, 1.82) is 0 Å². The Balaban J connectivity index is 2.83. The van der Waals surface area contributed by atoms with Crippen molar-refractivity contribution in [1.82, 2.24) is 0 Å². The molecule has 0 aliphatic heterocycles. The molecular weight excluding hydrogens is 210 g/mol. The summed E-state index contributed by atoms with van der Waals surface area (Å²) in [6.07, 6.45) is 0.0647. The average molecular weight is 225 g/mol. The van der Waals surface area contributed by atoms with Gasteiger partial charge in [0.2, 0.25) is 5.91 Å². The van der Waals surface area contributed by atoms with Gasteiger partial charge < -0.3 is 19.9 Å². The number of aliphatic hydroxyl groups excluding tert-OH is 1. The van der Waals surface area contributed by atoms with E-state index in [1.54, 1.807) is 25.3 Å². The summed E-state index contributed by atoms with van der Waals surface area (Å²) >= 11 is 0. The number of aliphatic hydroxyl groups is 1. The molecule has 0 spiro atoms. The monoisotopic (exact) mass is 225 g/mol. The first-order valence-corrected chi connectivity index (χ1v) is 4.84. The molecule has 0 radical (unpaired) electrons. The fraction of sp³-hybridized carbons (Fsp3) is 0.364. The molecule has 5 heteroatoms. The van der Waals surface area contributed by atoms with Crippen molar-refractivity contribution in [3.63, 3.8) is 0 Å². The molecule has 1 amide bonds. The predicted octanol–water partition coefficient (Wildman–Crippen LogP) is 1.02. The Morgan fingerprint density at radius 3 is 2.69 bits per heavy atom. The third kappa shape index (κ3) is 3.13. The van der Waals surface area contributed by atoms with E-state index in [1.165, 1.54) is 7.11 Å². The molecular formula is C11H15NO4. The zero-order valence-corrected chi connectivity index (χ0v) is 9.32. The molecule has 0 atom stereocenters. The normalized spacial score (nSPS) is 9.69. The van der Waals surface area contributed by atoms with E-state index in [-0.39, 0.29) is 18.9 Å². The fourth-order valence-electron chi connectivity index (χ4n) is 1.22. The first kappa shape index (κ1) is 12.3. The molecule has 88 valence electrons. The van der Waals surface area contributed by atoms with Crippen molar-refractivity contribution in [2.24, 2.45) is 0 Å². The summed E-state index contributed by atoms with van der Waals surface area (Å²) in [5.41, 5.74) is 0.557. The highest BCUT2D eigenvalue weighted by atomic mass is 16.5. The highest BCUT2D eigenvalue weighted by Crippen LogP contribution is 2.28. The first-order chi connectivity index (χ1) is 7.71. The van der Waals surface area contributed by atoms with Gasteiger partial charge in [-0.2, -0.15) is 0 Å². The SMILES string of the molecule is COc1ccc(NC(=O)CCO)c(OC)c1. The lowest BCUT2D eigenvalue weighted by atomic mass is 10.2. The maximum atomic E-state index is 11.3. The number of anilines is 1. The third-order valence-electron chi connectivity index (χ3n) is 2.02. The number of methoxy groups -OCH3 is 2. The number of amides is 1. The van der Waals surface area contributed by atoms with Crippen LogP contribution in [0.1, 0.15) is 6.42 Å². The summed E-state index contributed by atoms with van der Waals surface area (Å²) < 4.78 is 10.1. The lowest BCUT2D eigenvalue weighted by molar-refractivity contribution is -0.116. The Kier molecular flexibility index (Phi) is 4.60. The van der Waals surface area contributed by atoms with Gasteiger partial charge in [0.15, 0.2) is 0 Å². The molecule has 0 saturated heterocycles. The zero-order chi connectivity index (χ0) is 12.0. The van der Waals surface area contributed by atoms with Gasteiger partial charge in [0.25, 0.3) is 0 Å². The van der Waals surface area contributed by atoms with Crippen LogP contribution in [-0.2, 0) is 4.79 Å². The molecule has 0 fully saturated rings. The van der Waals surface area contributed by atoms with Crippen molar-refractivity contribution in [2.45, 2.75) is 6.42 Å². The van der Waals surface area contributed by atoms with Gasteiger partial charge in [-0.15, -0.1) is 0 Å². The molecule has 0 unspecified atom stereocenters. The zero-order valence-electron chi connectivity index (χ0n) is 9.32. The van der Waals surface area contributed by atoms with Crippen LogP contribution in [0, 0.1) is 0 Å². The standard InChI is InChI=1S/C11H15NO4/c1-15-8-3-4-9(10(7-8)16-2)12-11(14)5-6-13/h3-4,7,13H,5-6H2,1-2H3,(H,12,14).